The van der Waals surface area contributed by atoms with E-state index in [-0.39, 0.29) is 6.04 Å². The van der Waals surface area contributed by atoms with E-state index in [9.17, 15) is 0 Å². The molecule has 1 atom stereocenters. The molecule has 1 aromatic carbocycles. The number of nitrogens with zero attached hydrogens (tertiary/aromatic N) is 5. The molecule has 0 saturated carbocycles. The van der Waals surface area contributed by atoms with E-state index in [1.54, 1.807) is 12.3 Å². The van der Waals surface area contributed by atoms with Crippen LogP contribution in [-0.2, 0) is 6.42 Å². The van der Waals surface area contributed by atoms with Crippen molar-refractivity contribution in [2.45, 2.75) is 12.5 Å². The summed E-state index contributed by atoms with van der Waals surface area (Å²) < 4.78 is 1.86. The Morgan fingerprint density at radius 2 is 1.96 bits per heavy atom. The molecule has 0 unspecified atom stereocenters. The molecule has 6 nitrogen and oxygen atoms in total. The van der Waals surface area contributed by atoms with E-state index >= 15 is 0 Å². The van der Waals surface area contributed by atoms with Crippen LogP contribution in [0.25, 0.3) is 16.6 Å². The molecule has 6 heteroatoms. The van der Waals surface area contributed by atoms with Gasteiger partial charge in [0.15, 0.2) is 0 Å². The first kappa shape index (κ1) is 15.9. The minimum absolute atomic E-state index is 0.365. The highest BCUT2D eigenvalue weighted by atomic mass is 15.3. The fourth-order valence-corrected chi connectivity index (χ4v) is 3.02. The van der Waals surface area contributed by atoms with Crippen molar-refractivity contribution in [3.05, 3.63) is 84.1 Å². The van der Waals surface area contributed by atoms with Crippen molar-refractivity contribution in [1.29, 1.82) is 5.26 Å². The summed E-state index contributed by atoms with van der Waals surface area (Å²) in [5.74, 6) is 0. The lowest BCUT2D eigenvalue weighted by molar-refractivity contribution is 0.672. The maximum atomic E-state index is 9.02. The zero-order chi connectivity index (χ0) is 17.9. The minimum Gasteiger partial charge on any atom is -0.322 e. The summed E-state index contributed by atoms with van der Waals surface area (Å²) in [6.07, 6.45) is 4.04. The normalized spacial score (nSPS) is 12.0. The highest BCUT2D eigenvalue weighted by Gasteiger charge is 2.17. The van der Waals surface area contributed by atoms with E-state index in [1.165, 1.54) is 0 Å². The number of hydrogen-bond acceptors (Lipinski definition) is 5. The predicted octanol–water partition coefficient (Wildman–Crippen LogP) is 2.93. The second kappa shape index (κ2) is 6.75. The van der Waals surface area contributed by atoms with Gasteiger partial charge in [0.25, 0.3) is 0 Å². The second-order valence-corrected chi connectivity index (χ2v) is 5.96. The summed E-state index contributed by atoms with van der Waals surface area (Å²) >= 11 is 0. The van der Waals surface area contributed by atoms with Gasteiger partial charge in [-0.05, 0) is 30.3 Å². The molecule has 0 aliphatic rings. The molecule has 0 saturated heterocycles. The predicted molar refractivity (Wildman–Crippen MR) is 98.4 cm³/mol. The highest BCUT2D eigenvalue weighted by Crippen LogP contribution is 2.24. The quantitative estimate of drug-likeness (QED) is 0.616. The van der Waals surface area contributed by atoms with Crippen LogP contribution in [0.1, 0.15) is 23.1 Å². The minimum atomic E-state index is -0.365. The van der Waals surface area contributed by atoms with Gasteiger partial charge in [-0.2, -0.15) is 10.4 Å². The van der Waals surface area contributed by atoms with Crippen LogP contribution in [0.2, 0.25) is 0 Å². The molecule has 3 heterocycles. The van der Waals surface area contributed by atoms with Crippen LogP contribution in [0.5, 0.6) is 0 Å². The van der Waals surface area contributed by atoms with Crippen molar-refractivity contribution < 1.29 is 0 Å². The Kier molecular flexibility index (Phi) is 4.14. The summed E-state index contributed by atoms with van der Waals surface area (Å²) in [7, 11) is 0. The van der Waals surface area contributed by atoms with Gasteiger partial charge in [0.05, 0.1) is 29.1 Å². The van der Waals surface area contributed by atoms with Crippen molar-refractivity contribution in [2.75, 3.05) is 0 Å². The molecular formula is C20H16N6. The number of benzene rings is 1. The molecule has 126 valence electrons. The molecule has 26 heavy (non-hydrogen) atoms. The number of para-hydroxylation sites is 1. The third kappa shape index (κ3) is 2.92. The molecular weight excluding hydrogens is 324 g/mol. The van der Waals surface area contributed by atoms with Gasteiger partial charge in [-0.1, -0.05) is 24.3 Å². The van der Waals surface area contributed by atoms with Crippen LogP contribution in [0.3, 0.4) is 0 Å². The molecule has 4 aromatic rings. The molecule has 0 bridgehead atoms. The molecule has 0 amide bonds. The lowest BCUT2D eigenvalue weighted by atomic mass is 10.1. The van der Waals surface area contributed by atoms with Gasteiger partial charge >= 0.3 is 0 Å². The molecule has 2 N–H and O–H groups in total. The van der Waals surface area contributed by atoms with E-state index in [0.29, 0.717) is 12.1 Å². The van der Waals surface area contributed by atoms with E-state index in [1.807, 2.05) is 59.4 Å². The summed E-state index contributed by atoms with van der Waals surface area (Å²) in [6, 6.07) is 18.9. The number of pyridine rings is 2. The van der Waals surface area contributed by atoms with Crippen molar-refractivity contribution in [2.24, 2.45) is 5.73 Å². The Balaban J connectivity index is 1.72. The first-order valence-corrected chi connectivity index (χ1v) is 8.26. The van der Waals surface area contributed by atoms with Gasteiger partial charge in [-0.25, -0.2) is 9.67 Å². The van der Waals surface area contributed by atoms with E-state index in [0.717, 1.165) is 28.0 Å². The zero-order valence-corrected chi connectivity index (χ0v) is 13.9. The number of nitrogens with two attached hydrogens (primary N) is 1. The zero-order valence-electron chi connectivity index (χ0n) is 13.9. The fraction of sp³-hybridized carbons (Fsp3) is 0.100. The fourth-order valence-electron chi connectivity index (χ4n) is 3.02. The molecule has 0 fully saturated rings. The van der Waals surface area contributed by atoms with Crippen LogP contribution >= 0.6 is 0 Å². The Morgan fingerprint density at radius 1 is 1.08 bits per heavy atom. The first-order chi connectivity index (χ1) is 12.8. The van der Waals surface area contributed by atoms with Crippen LogP contribution in [0.15, 0.2) is 67.0 Å². The first-order valence-electron chi connectivity index (χ1n) is 8.26. The van der Waals surface area contributed by atoms with Gasteiger partial charge < -0.3 is 5.73 Å². The summed E-state index contributed by atoms with van der Waals surface area (Å²) in [6.45, 7) is 0. The Morgan fingerprint density at radius 3 is 2.85 bits per heavy atom. The summed E-state index contributed by atoms with van der Waals surface area (Å²) in [4.78, 5) is 8.81. The van der Waals surface area contributed by atoms with Gasteiger partial charge in [0, 0.05) is 23.7 Å². The summed E-state index contributed by atoms with van der Waals surface area (Å²) in [5, 5.41) is 14.6. The molecule has 3 aromatic heterocycles. The molecule has 0 aliphatic carbocycles. The monoisotopic (exact) mass is 340 g/mol. The third-order valence-corrected chi connectivity index (χ3v) is 4.22. The number of nitriles is 1. The van der Waals surface area contributed by atoms with Crippen molar-refractivity contribution in [3.8, 4) is 11.8 Å². The average Bonchev–Trinajstić information content (AvgIpc) is 3.12. The molecule has 0 aliphatic heterocycles. The number of fused-ring (bicyclic) bond motifs is 1. The van der Waals surface area contributed by atoms with Crippen LogP contribution in [-0.4, -0.2) is 19.7 Å². The largest absolute Gasteiger partial charge is 0.322 e. The van der Waals surface area contributed by atoms with Gasteiger partial charge in [0.1, 0.15) is 11.8 Å². The van der Waals surface area contributed by atoms with Crippen molar-refractivity contribution in [1.82, 2.24) is 19.7 Å². The molecule has 0 radical (unpaired) electrons. The van der Waals surface area contributed by atoms with Crippen molar-refractivity contribution >= 4 is 10.9 Å². The Bertz CT molecular complexity index is 1110. The topological polar surface area (TPSA) is 93.4 Å². The average molecular weight is 340 g/mol. The van der Waals surface area contributed by atoms with E-state index in [2.05, 4.69) is 21.1 Å². The highest BCUT2D eigenvalue weighted by molar-refractivity contribution is 5.80. The van der Waals surface area contributed by atoms with Crippen LogP contribution in [0, 0.1) is 11.3 Å². The third-order valence-electron chi connectivity index (χ3n) is 4.22. The van der Waals surface area contributed by atoms with E-state index < -0.39 is 0 Å². The lowest BCUT2D eigenvalue weighted by Gasteiger charge is -2.15. The lowest BCUT2D eigenvalue weighted by Crippen LogP contribution is -2.18. The van der Waals surface area contributed by atoms with Gasteiger partial charge in [-0.15, -0.1) is 0 Å². The maximum absolute atomic E-state index is 9.02. The van der Waals surface area contributed by atoms with Gasteiger partial charge in [0.2, 0.25) is 0 Å². The second-order valence-electron chi connectivity index (χ2n) is 5.96. The van der Waals surface area contributed by atoms with Crippen LogP contribution in [0.4, 0.5) is 0 Å². The molecule has 4 rings (SSSR count). The van der Waals surface area contributed by atoms with Crippen LogP contribution < -0.4 is 5.73 Å². The number of hydrogen-bond donors (Lipinski definition) is 1. The molecule has 0 spiro atoms. The number of rotatable bonds is 4. The SMILES string of the molecule is N#Cc1cccc(C[C@H](N)c2ncccc2-n2ncc3ccccc32)n1. The standard InChI is InChI=1S/C20H16N6/c21-12-16-7-3-6-15(25-16)11-17(22)20-19(9-4-10-23-20)26-18-8-2-1-5-14(18)13-24-26/h1-10,13,17H,11,22H2/t17-/m0/s1. The maximum Gasteiger partial charge on any atom is 0.140 e. The van der Waals surface area contributed by atoms with Gasteiger partial charge in [-0.3, -0.25) is 4.98 Å². The van der Waals surface area contributed by atoms with E-state index in [4.69, 9.17) is 11.0 Å². The Hall–Kier alpha value is -3.56. The van der Waals surface area contributed by atoms with Crippen molar-refractivity contribution in [3.63, 3.8) is 0 Å². The number of aromatic nitrogens is 4. The Labute approximate surface area is 150 Å². The smallest absolute Gasteiger partial charge is 0.140 e. The summed E-state index contributed by atoms with van der Waals surface area (Å²) in [5.41, 5.74) is 10.2.